The van der Waals surface area contributed by atoms with Crippen molar-refractivity contribution in [2.24, 2.45) is 0 Å². The SMILES string of the molecule is Cc1ccc(N/C=C(\c2nnc(C(F)(F)F)n2-c2ccc(C)cc2)[N+](=O)[O-])cc1. The van der Waals surface area contributed by atoms with E-state index in [0.717, 1.165) is 17.3 Å². The molecule has 0 unspecified atom stereocenters. The van der Waals surface area contributed by atoms with Gasteiger partial charge in [0.05, 0.1) is 11.1 Å². The van der Waals surface area contributed by atoms with Crippen LogP contribution in [0.15, 0.2) is 54.7 Å². The molecule has 0 radical (unpaired) electrons. The average Bonchev–Trinajstić information content (AvgIpc) is 3.09. The van der Waals surface area contributed by atoms with Crippen molar-refractivity contribution in [2.45, 2.75) is 20.0 Å². The van der Waals surface area contributed by atoms with E-state index in [2.05, 4.69) is 15.5 Å². The third kappa shape index (κ3) is 4.42. The summed E-state index contributed by atoms with van der Waals surface area (Å²) in [5, 5.41) is 21.0. The highest BCUT2D eigenvalue weighted by atomic mass is 19.4. The summed E-state index contributed by atoms with van der Waals surface area (Å²) in [6.07, 6.45) is -3.85. The third-order valence-electron chi connectivity index (χ3n) is 4.06. The lowest BCUT2D eigenvalue weighted by molar-refractivity contribution is -0.376. The molecule has 10 heteroatoms. The van der Waals surface area contributed by atoms with Crippen LogP contribution in [-0.4, -0.2) is 19.7 Å². The van der Waals surface area contributed by atoms with Crippen molar-refractivity contribution in [3.63, 3.8) is 0 Å². The fourth-order valence-corrected chi connectivity index (χ4v) is 2.57. The van der Waals surface area contributed by atoms with Crippen molar-refractivity contribution in [1.82, 2.24) is 14.8 Å². The molecule has 0 spiro atoms. The summed E-state index contributed by atoms with van der Waals surface area (Å²) < 4.78 is 41.0. The predicted octanol–water partition coefficient (Wildman–Crippen LogP) is 4.59. The Morgan fingerprint density at radius 1 is 1.03 bits per heavy atom. The van der Waals surface area contributed by atoms with Gasteiger partial charge in [-0.1, -0.05) is 35.4 Å². The van der Waals surface area contributed by atoms with Crippen LogP contribution in [0.2, 0.25) is 0 Å². The Hall–Kier alpha value is -3.69. The molecule has 0 atom stereocenters. The maximum Gasteiger partial charge on any atom is 0.452 e. The first-order valence-electron chi connectivity index (χ1n) is 8.44. The van der Waals surface area contributed by atoms with Crippen LogP contribution in [0.1, 0.15) is 22.8 Å². The second-order valence-electron chi connectivity index (χ2n) is 6.31. The maximum atomic E-state index is 13.5. The lowest BCUT2D eigenvalue weighted by Gasteiger charge is -2.11. The summed E-state index contributed by atoms with van der Waals surface area (Å²) in [4.78, 5) is 10.8. The number of nitro groups is 1. The summed E-state index contributed by atoms with van der Waals surface area (Å²) in [5.74, 6) is -1.88. The number of benzene rings is 2. The van der Waals surface area contributed by atoms with E-state index in [-0.39, 0.29) is 5.69 Å². The third-order valence-corrected chi connectivity index (χ3v) is 4.06. The summed E-state index contributed by atoms with van der Waals surface area (Å²) >= 11 is 0. The smallest absolute Gasteiger partial charge is 0.356 e. The number of alkyl halides is 3. The molecule has 29 heavy (non-hydrogen) atoms. The molecule has 150 valence electrons. The van der Waals surface area contributed by atoms with Gasteiger partial charge in [-0.3, -0.25) is 14.7 Å². The Balaban J connectivity index is 2.12. The van der Waals surface area contributed by atoms with Crippen LogP contribution in [0, 0.1) is 24.0 Å². The first-order valence-corrected chi connectivity index (χ1v) is 8.44. The van der Waals surface area contributed by atoms with E-state index >= 15 is 0 Å². The number of hydrogen-bond acceptors (Lipinski definition) is 5. The minimum atomic E-state index is -4.85. The highest BCUT2D eigenvalue weighted by Gasteiger charge is 2.41. The van der Waals surface area contributed by atoms with E-state index in [1.807, 2.05) is 6.92 Å². The van der Waals surface area contributed by atoms with Gasteiger partial charge in [-0.25, -0.2) is 0 Å². The topological polar surface area (TPSA) is 85.9 Å². The van der Waals surface area contributed by atoms with Crippen molar-refractivity contribution < 1.29 is 18.1 Å². The van der Waals surface area contributed by atoms with E-state index in [0.29, 0.717) is 10.3 Å². The molecule has 2 aromatic carbocycles. The van der Waals surface area contributed by atoms with Crippen molar-refractivity contribution >= 4 is 11.4 Å². The number of anilines is 1. The Kier molecular flexibility index (Phi) is 5.35. The van der Waals surface area contributed by atoms with E-state index in [1.54, 1.807) is 43.3 Å². The van der Waals surface area contributed by atoms with Crippen LogP contribution in [0.4, 0.5) is 18.9 Å². The zero-order valence-corrected chi connectivity index (χ0v) is 15.4. The fourth-order valence-electron chi connectivity index (χ4n) is 2.57. The number of nitrogens with one attached hydrogen (secondary N) is 1. The van der Waals surface area contributed by atoms with Gasteiger partial charge in [-0.05, 0) is 38.1 Å². The molecule has 0 aliphatic carbocycles. The number of rotatable bonds is 5. The van der Waals surface area contributed by atoms with Crippen molar-refractivity contribution in [1.29, 1.82) is 0 Å². The van der Waals surface area contributed by atoms with Gasteiger partial charge in [0.1, 0.15) is 0 Å². The highest BCUT2D eigenvalue weighted by Crippen LogP contribution is 2.32. The quantitative estimate of drug-likeness (QED) is 0.497. The van der Waals surface area contributed by atoms with E-state index in [1.165, 1.54) is 12.1 Å². The van der Waals surface area contributed by atoms with Crippen LogP contribution < -0.4 is 5.32 Å². The number of hydrogen-bond donors (Lipinski definition) is 1. The molecule has 7 nitrogen and oxygen atoms in total. The molecular weight excluding hydrogens is 387 g/mol. The van der Waals surface area contributed by atoms with Crippen LogP contribution in [0.5, 0.6) is 0 Å². The van der Waals surface area contributed by atoms with Gasteiger partial charge in [0.2, 0.25) is 11.6 Å². The minimum Gasteiger partial charge on any atom is -0.356 e. The van der Waals surface area contributed by atoms with E-state index in [4.69, 9.17) is 0 Å². The lowest BCUT2D eigenvalue weighted by Crippen LogP contribution is -2.16. The van der Waals surface area contributed by atoms with E-state index < -0.39 is 28.4 Å². The predicted molar refractivity (Wildman–Crippen MR) is 101 cm³/mol. The van der Waals surface area contributed by atoms with Crippen LogP contribution in [0.25, 0.3) is 11.4 Å². The largest absolute Gasteiger partial charge is 0.452 e. The standard InChI is InChI=1S/C19H16F3N5O2/c1-12-3-7-14(8-4-12)23-11-16(27(28)29)17-24-25-18(19(20,21)22)26(17)15-9-5-13(2)6-10-15/h3-11,23H,1-2H3/b16-11+. The Morgan fingerprint density at radius 3 is 2.10 bits per heavy atom. The first-order chi connectivity index (χ1) is 13.7. The molecule has 0 amide bonds. The molecular formula is C19H16F3N5O2. The van der Waals surface area contributed by atoms with Crippen molar-refractivity contribution in [3.05, 3.63) is 87.6 Å². The second kappa shape index (κ2) is 7.74. The van der Waals surface area contributed by atoms with Gasteiger partial charge in [-0.15, -0.1) is 10.2 Å². The maximum absolute atomic E-state index is 13.5. The molecule has 0 bridgehead atoms. The Morgan fingerprint density at radius 2 is 1.59 bits per heavy atom. The van der Waals surface area contributed by atoms with Gasteiger partial charge in [0.15, 0.2) is 0 Å². The molecule has 1 heterocycles. The van der Waals surface area contributed by atoms with Crippen molar-refractivity contribution in [3.8, 4) is 5.69 Å². The molecule has 1 aromatic heterocycles. The Bertz CT molecular complexity index is 1050. The van der Waals surface area contributed by atoms with Crippen LogP contribution in [-0.2, 0) is 6.18 Å². The fraction of sp³-hybridized carbons (Fsp3) is 0.158. The van der Waals surface area contributed by atoms with Crippen LogP contribution in [0.3, 0.4) is 0 Å². The van der Waals surface area contributed by atoms with Gasteiger partial charge in [0.25, 0.3) is 0 Å². The first kappa shape index (κ1) is 20.1. The van der Waals surface area contributed by atoms with Gasteiger partial charge < -0.3 is 5.32 Å². The average molecular weight is 403 g/mol. The molecule has 3 aromatic rings. The molecule has 0 saturated carbocycles. The molecule has 3 rings (SSSR count). The number of nitrogens with zero attached hydrogens (tertiary/aromatic N) is 4. The van der Waals surface area contributed by atoms with Gasteiger partial charge >= 0.3 is 11.9 Å². The zero-order valence-electron chi connectivity index (χ0n) is 15.4. The monoisotopic (exact) mass is 403 g/mol. The number of aryl methyl sites for hydroxylation is 2. The molecule has 0 aliphatic heterocycles. The second-order valence-corrected chi connectivity index (χ2v) is 6.31. The van der Waals surface area contributed by atoms with Crippen molar-refractivity contribution in [2.75, 3.05) is 5.32 Å². The normalized spacial score (nSPS) is 12.1. The summed E-state index contributed by atoms with van der Waals surface area (Å²) in [6, 6.07) is 13.0. The van der Waals surface area contributed by atoms with Gasteiger partial charge in [-0.2, -0.15) is 13.2 Å². The molecule has 0 saturated heterocycles. The zero-order chi connectivity index (χ0) is 21.2. The summed E-state index contributed by atoms with van der Waals surface area (Å²) in [7, 11) is 0. The van der Waals surface area contributed by atoms with Crippen LogP contribution >= 0.6 is 0 Å². The highest BCUT2D eigenvalue weighted by molar-refractivity contribution is 5.60. The molecule has 0 fully saturated rings. The Labute approximate surface area is 163 Å². The van der Waals surface area contributed by atoms with Gasteiger partial charge in [0, 0.05) is 11.4 Å². The molecule has 1 N–H and O–H groups in total. The summed E-state index contributed by atoms with van der Waals surface area (Å²) in [6.45, 7) is 3.65. The molecule has 0 aliphatic rings. The number of aromatic nitrogens is 3. The summed E-state index contributed by atoms with van der Waals surface area (Å²) in [5.41, 5.74) is 1.75. The van der Waals surface area contributed by atoms with E-state index in [9.17, 15) is 23.3 Å². The number of halogens is 3. The lowest BCUT2D eigenvalue weighted by atomic mass is 10.2. The minimum absolute atomic E-state index is 0.0611.